The number of hydrogen-bond acceptors (Lipinski definition) is 4. The summed E-state index contributed by atoms with van der Waals surface area (Å²) in [6, 6.07) is 8.26. The molecular weight excluding hydrogens is 289 g/mol. The fourth-order valence-corrected chi connectivity index (χ4v) is 2.96. The highest BCUT2D eigenvalue weighted by atomic mass is 32.1. The molecule has 2 aromatic rings. The van der Waals surface area contributed by atoms with Crippen molar-refractivity contribution in [2.45, 2.75) is 26.3 Å². The zero-order valence-electron chi connectivity index (χ0n) is 12.3. The van der Waals surface area contributed by atoms with Gasteiger partial charge in [-0.2, -0.15) is 0 Å². The average molecular weight is 307 g/mol. The van der Waals surface area contributed by atoms with Crippen LogP contribution in [0.4, 0.5) is 10.1 Å². The van der Waals surface area contributed by atoms with Crippen LogP contribution < -0.4 is 5.32 Å². The number of carbonyl (C=O) groups is 1. The normalized spacial score (nSPS) is 12.0. The smallest absolute Gasteiger partial charge is 0.337 e. The van der Waals surface area contributed by atoms with Crippen LogP contribution >= 0.6 is 11.3 Å². The highest BCUT2D eigenvalue weighted by Crippen LogP contribution is 2.28. The number of halogens is 1. The van der Waals surface area contributed by atoms with Gasteiger partial charge in [-0.15, -0.1) is 11.3 Å². The quantitative estimate of drug-likeness (QED) is 0.832. The molecule has 0 fully saturated rings. The minimum Gasteiger partial charge on any atom is -0.465 e. The summed E-state index contributed by atoms with van der Waals surface area (Å²) in [6.07, 6.45) is 0.990. The Morgan fingerprint density at radius 2 is 2.14 bits per heavy atom. The average Bonchev–Trinajstić information content (AvgIpc) is 2.97. The SMILES string of the molecule is CCc1ccc(C(C)Nc2cc(C(=O)OC)ccc2F)s1. The summed E-state index contributed by atoms with van der Waals surface area (Å²) in [6.45, 7) is 4.07. The summed E-state index contributed by atoms with van der Waals surface area (Å²) in [7, 11) is 1.30. The molecule has 0 radical (unpaired) electrons. The molecule has 21 heavy (non-hydrogen) atoms. The number of methoxy groups -OCH3 is 1. The van der Waals surface area contributed by atoms with Gasteiger partial charge in [0.2, 0.25) is 0 Å². The molecule has 1 heterocycles. The second-order valence-corrected chi connectivity index (χ2v) is 5.91. The first-order valence-corrected chi connectivity index (χ1v) is 7.59. The van der Waals surface area contributed by atoms with E-state index in [1.807, 2.05) is 13.0 Å². The molecule has 3 nitrogen and oxygen atoms in total. The number of hydrogen-bond donors (Lipinski definition) is 1. The van der Waals surface area contributed by atoms with Crippen molar-refractivity contribution in [2.75, 3.05) is 12.4 Å². The van der Waals surface area contributed by atoms with Crippen LogP contribution in [0.5, 0.6) is 0 Å². The number of aryl methyl sites for hydroxylation is 1. The van der Waals surface area contributed by atoms with E-state index in [1.165, 1.54) is 30.2 Å². The van der Waals surface area contributed by atoms with Crippen molar-refractivity contribution in [3.8, 4) is 0 Å². The number of esters is 1. The molecule has 0 aliphatic heterocycles. The van der Waals surface area contributed by atoms with Crippen molar-refractivity contribution in [3.05, 3.63) is 51.5 Å². The predicted octanol–water partition coefficient (Wildman–Crippen LogP) is 4.41. The number of carbonyl (C=O) groups excluding carboxylic acids is 1. The molecule has 0 saturated carbocycles. The van der Waals surface area contributed by atoms with Crippen molar-refractivity contribution < 1.29 is 13.9 Å². The van der Waals surface area contributed by atoms with Gasteiger partial charge in [-0.05, 0) is 43.7 Å². The first-order chi connectivity index (χ1) is 10.0. The molecule has 0 amide bonds. The van der Waals surface area contributed by atoms with Gasteiger partial charge in [0.1, 0.15) is 5.82 Å². The van der Waals surface area contributed by atoms with E-state index in [4.69, 9.17) is 0 Å². The van der Waals surface area contributed by atoms with Crippen LogP contribution in [0.3, 0.4) is 0 Å². The molecule has 1 aromatic carbocycles. The monoisotopic (exact) mass is 307 g/mol. The zero-order chi connectivity index (χ0) is 15.4. The summed E-state index contributed by atoms with van der Waals surface area (Å²) in [5.41, 5.74) is 0.630. The van der Waals surface area contributed by atoms with Crippen LogP contribution in [0, 0.1) is 5.82 Å². The highest BCUT2D eigenvalue weighted by Gasteiger charge is 2.13. The van der Waals surface area contributed by atoms with E-state index < -0.39 is 5.97 Å². The zero-order valence-corrected chi connectivity index (χ0v) is 13.1. The highest BCUT2D eigenvalue weighted by molar-refractivity contribution is 7.12. The largest absolute Gasteiger partial charge is 0.465 e. The van der Waals surface area contributed by atoms with E-state index >= 15 is 0 Å². The molecule has 0 saturated heterocycles. The lowest BCUT2D eigenvalue weighted by Gasteiger charge is -2.15. The predicted molar refractivity (Wildman–Crippen MR) is 83.5 cm³/mol. The Labute approximate surface area is 127 Å². The Balaban J connectivity index is 2.19. The number of anilines is 1. The van der Waals surface area contributed by atoms with Crippen molar-refractivity contribution in [3.63, 3.8) is 0 Å². The topological polar surface area (TPSA) is 38.3 Å². The number of benzene rings is 1. The third-order valence-electron chi connectivity index (χ3n) is 3.22. The summed E-state index contributed by atoms with van der Waals surface area (Å²) in [4.78, 5) is 13.9. The van der Waals surface area contributed by atoms with Crippen molar-refractivity contribution >= 4 is 23.0 Å². The lowest BCUT2D eigenvalue weighted by molar-refractivity contribution is 0.0600. The lowest BCUT2D eigenvalue weighted by Crippen LogP contribution is -2.08. The van der Waals surface area contributed by atoms with Crippen LogP contribution in [0.15, 0.2) is 30.3 Å². The molecule has 0 bridgehead atoms. The number of nitrogens with one attached hydrogen (secondary N) is 1. The van der Waals surface area contributed by atoms with Gasteiger partial charge in [-0.3, -0.25) is 0 Å². The number of rotatable bonds is 5. The van der Waals surface area contributed by atoms with Crippen molar-refractivity contribution in [1.29, 1.82) is 0 Å². The van der Waals surface area contributed by atoms with Gasteiger partial charge in [-0.25, -0.2) is 9.18 Å². The maximum absolute atomic E-state index is 13.9. The van der Waals surface area contributed by atoms with Crippen LogP contribution in [0.2, 0.25) is 0 Å². The Hall–Kier alpha value is -1.88. The fourth-order valence-electron chi connectivity index (χ4n) is 2.00. The van der Waals surface area contributed by atoms with E-state index in [1.54, 1.807) is 11.3 Å². The fraction of sp³-hybridized carbons (Fsp3) is 0.312. The van der Waals surface area contributed by atoms with E-state index in [2.05, 4.69) is 23.0 Å². The van der Waals surface area contributed by atoms with E-state index in [0.717, 1.165) is 11.3 Å². The third-order valence-corrected chi connectivity index (χ3v) is 4.63. The number of ether oxygens (including phenoxy) is 1. The Morgan fingerprint density at radius 3 is 2.76 bits per heavy atom. The standard InChI is InChI=1S/C16H18FNO2S/c1-4-12-6-8-15(21-12)10(2)18-14-9-11(16(19)20-3)5-7-13(14)17/h5-10,18H,4H2,1-3H3. The summed E-state index contributed by atoms with van der Waals surface area (Å²) in [5.74, 6) is -0.864. The van der Waals surface area contributed by atoms with Gasteiger partial charge in [0.15, 0.2) is 0 Å². The minimum absolute atomic E-state index is 0.0299. The molecule has 0 spiro atoms. The van der Waals surface area contributed by atoms with Crippen LogP contribution in [0.25, 0.3) is 0 Å². The van der Waals surface area contributed by atoms with E-state index in [9.17, 15) is 9.18 Å². The molecule has 1 aromatic heterocycles. The van der Waals surface area contributed by atoms with Gasteiger partial charge >= 0.3 is 5.97 Å². The van der Waals surface area contributed by atoms with Crippen molar-refractivity contribution in [2.24, 2.45) is 0 Å². The molecule has 1 unspecified atom stereocenters. The van der Waals surface area contributed by atoms with E-state index in [0.29, 0.717) is 11.3 Å². The van der Waals surface area contributed by atoms with Gasteiger partial charge in [0.05, 0.1) is 24.4 Å². The van der Waals surface area contributed by atoms with Crippen LogP contribution in [0.1, 0.15) is 40.0 Å². The maximum Gasteiger partial charge on any atom is 0.337 e. The number of thiophene rings is 1. The van der Waals surface area contributed by atoms with E-state index in [-0.39, 0.29) is 11.9 Å². The maximum atomic E-state index is 13.9. The molecule has 2 rings (SSSR count). The molecule has 0 aliphatic rings. The van der Waals surface area contributed by atoms with Crippen LogP contribution in [-0.2, 0) is 11.2 Å². The third kappa shape index (κ3) is 3.61. The first kappa shape index (κ1) is 15.5. The summed E-state index contributed by atoms with van der Waals surface area (Å²) >= 11 is 1.70. The molecular formula is C16H18FNO2S. The van der Waals surface area contributed by atoms with Crippen molar-refractivity contribution in [1.82, 2.24) is 0 Å². The Morgan fingerprint density at radius 1 is 1.38 bits per heavy atom. The van der Waals surface area contributed by atoms with Gasteiger partial charge in [0.25, 0.3) is 0 Å². The summed E-state index contributed by atoms with van der Waals surface area (Å²) in [5, 5.41) is 3.11. The Kier molecular flexibility index (Phi) is 4.96. The second kappa shape index (κ2) is 6.72. The van der Waals surface area contributed by atoms with Crippen LogP contribution in [-0.4, -0.2) is 13.1 Å². The lowest BCUT2D eigenvalue weighted by atomic mass is 10.1. The molecule has 0 aliphatic carbocycles. The second-order valence-electron chi connectivity index (χ2n) is 4.71. The molecule has 1 atom stereocenters. The minimum atomic E-state index is -0.477. The van der Waals surface area contributed by atoms with Gasteiger partial charge in [-0.1, -0.05) is 6.92 Å². The molecule has 5 heteroatoms. The van der Waals surface area contributed by atoms with Gasteiger partial charge < -0.3 is 10.1 Å². The first-order valence-electron chi connectivity index (χ1n) is 6.78. The molecule has 112 valence electrons. The molecule has 1 N–H and O–H groups in total. The Bertz CT molecular complexity index is 639. The van der Waals surface area contributed by atoms with Gasteiger partial charge in [0, 0.05) is 9.75 Å². The summed E-state index contributed by atoms with van der Waals surface area (Å²) < 4.78 is 18.5.